The molecular formula is C64H48N8Pt2+4. The molecular weight excluding hydrogens is 1270 g/mol. The molecule has 4 heterocycles. The van der Waals surface area contributed by atoms with Crippen LogP contribution in [0.5, 0.6) is 0 Å². The monoisotopic (exact) mass is 1320 g/mol. The Morgan fingerprint density at radius 1 is 0.405 bits per heavy atom. The van der Waals surface area contributed by atoms with Crippen LogP contribution in [0.2, 0.25) is 0 Å². The molecule has 10 heteroatoms. The van der Waals surface area contributed by atoms with E-state index in [-0.39, 0.29) is 42.1 Å². The number of fused-ring (bicyclic) bond motifs is 8. The van der Waals surface area contributed by atoms with Gasteiger partial charge in [-0.15, -0.1) is 23.3 Å². The molecule has 2 aromatic heterocycles. The number of hydrogen-bond acceptors (Lipinski definition) is 2. The van der Waals surface area contributed by atoms with E-state index in [1.54, 1.807) is 12.4 Å². The summed E-state index contributed by atoms with van der Waals surface area (Å²) >= 11 is 0. The van der Waals surface area contributed by atoms with E-state index in [1.807, 2.05) is 35.4 Å². The second-order valence-corrected chi connectivity index (χ2v) is 19.4. The number of aryl methyl sites for hydroxylation is 4. The molecule has 0 N–H and O–H groups in total. The molecule has 0 saturated carbocycles. The Balaban J connectivity index is 0.000000155. The first-order valence-electron chi connectivity index (χ1n) is 24.3. The van der Waals surface area contributed by atoms with E-state index in [0.717, 1.165) is 56.6 Å². The molecule has 360 valence electrons. The van der Waals surface area contributed by atoms with Crippen molar-refractivity contribution in [2.24, 2.45) is 0 Å². The van der Waals surface area contributed by atoms with E-state index in [0.29, 0.717) is 0 Å². The minimum atomic E-state index is -0.611. The van der Waals surface area contributed by atoms with Crippen LogP contribution in [0.4, 0.5) is 34.1 Å². The minimum Gasteiger partial charge on any atom is -0.581 e. The molecule has 0 fully saturated rings. The van der Waals surface area contributed by atoms with Crippen molar-refractivity contribution in [3.63, 3.8) is 0 Å². The zero-order valence-corrected chi connectivity index (χ0v) is 46.1. The van der Waals surface area contributed by atoms with E-state index in [1.165, 1.54) is 66.8 Å². The van der Waals surface area contributed by atoms with Crippen molar-refractivity contribution >= 4 is 46.1 Å². The Hall–Kier alpha value is -7.68. The largest absolute Gasteiger partial charge is 2.00 e. The molecule has 74 heavy (non-hydrogen) atoms. The topological polar surface area (TPSA) is 66.0 Å². The van der Waals surface area contributed by atoms with E-state index in [4.69, 9.17) is 0 Å². The molecule has 0 atom stereocenters. The summed E-state index contributed by atoms with van der Waals surface area (Å²) in [5, 5.41) is 17.9. The van der Waals surface area contributed by atoms with Gasteiger partial charge in [-0.25, -0.2) is 0 Å². The maximum Gasteiger partial charge on any atom is 2.00 e. The third-order valence-corrected chi connectivity index (χ3v) is 14.9. The molecule has 2 aliphatic heterocycles. The van der Waals surface area contributed by atoms with Gasteiger partial charge in [0.05, 0.1) is 10.8 Å². The van der Waals surface area contributed by atoms with Crippen molar-refractivity contribution in [1.29, 1.82) is 0 Å². The summed E-state index contributed by atoms with van der Waals surface area (Å²) in [6.07, 6.45) is 3.58. The predicted octanol–water partition coefficient (Wildman–Crippen LogP) is 12.2. The van der Waals surface area contributed by atoms with Gasteiger partial charge in [-0.3, -0.25) is 0 Å². The summed E-state index contributed by atoms with van der Waals surface area (Å²) in [4.78, 5) is 0. The van der Waals surface area contributed by atoms with Gasteiger partial charge in [-0.1, -0.05) is 162 Å². The molecule has 0 amide bonds. The van der Waals surface area contributed by atoms with E-state index in [9.17, 15) is 0 Å². The fraction of sp³-hybridized carbons (Fsp3) is 0.125. The van der Waals surface area contributed by atoms with Crippen LogP contribution in [0.25, 0.3) is 22.3 Å². The van der Waals surface area contributed by atoms with Gasteiger partial charge in [0.15, 0.2) is 14.1 Å². The summed E-state index contributed by atoms with van der Waals surface area (Å²) in [6, 6.07) is 75.1. The van der Waals surface area contributed by atoms with Crippen molar-refractivity contribution in [3.8, 4) is 22.3 Å². The van der Waals surface area contributed by atoms with Gasteiger partial charge < -0.3 is 20.4 Å². The van der Waals surface area contributed by atoms with Crippen molar-refractivity contribution in [2.75, 3.05) is 14.1 Å². The Labute approximate surface area is 460 Å². The summed E-state index contributed by atoms with van der Waals surface area (Å²) in [5.74, 6) is 0. The number of aromatic nitrogens is 4. The first-order chi connectivity index (χ1) is 35.1. The molecule has 0 spiro atoms. The van der Waals surface area contributed by atoms with Crippen molar-refractivity contribution in [3.05, 3.63) is 261 Å². The van der Waals surface area contributed by atoms with Gasteiger partial charge in [0.2, 0.25) is 0 Å². The Bertz CT molecular complexity index is 3670. The molecule has 0 bridgehead atoms. The fourth-order valence-electron chi connectivity index (χ4n) is 11.7. The molecule has 0 radical (unpaired) electrons. The smallest absolute Gasteiger partial charge is 0.581 e. The molecule has 14 rings (SSSR count). The molecule has 8 aromatic carbocycles. The number of hydrogen-bond donors (Lipinski definition) is 0. The second kappa shape index (κ2) is 18.7. The normalized spacial score (nSPS) is 14.2. The van der Waals surface area contributed by atoms with Crippen LogP contribution >= 0.6 is 0 Å². The third kappa shape index (κ3) is 7.27. The SMILES string of the molecule is Cc1ccc2c(c1)C(c1[c-]c([N+]3=C=[N+](C)c4ccccc43)ccc1)(c1cc[n-]n1)c1cc(C)ccc1-2.Cc1ccc2c(c1)C(c1[c-]c([N+]3=C=[N+](C)c4ccccc43)ccc1)(c1cc[n-]n1)c1cc(C)ccc1-2.[Pt+2].[Pt+2]. The average Bonchev–Trinajstić information content (AvgIpc) is 4.28. The van der Waals surface area contributed by atoms with Gasteiger partial charge in [0.1, 0.15) is 11.4 Å². The van der Waals surface area contributed by atoms with E-state index < -0.39 is 10.8 Å². The number of para-hydroxylation sites is 4. The average molecular weight is 1320 g/mol. The number of benzene rings is 8. The Morgan fingerprint density at radius 3 is 1.07 bits per heavy atom. The quantitative estimate of drug-likeness (QED) is 0.123. The van der Waals surface area contributed by atoms with Gasteiger partial charge in [0.25, 0.3) is 22.7 Å². The Morgan fingerprint density at radius 2 is 0.743 bits per heavy atom. The van der Waals surface area contributed by atoms with Crippen LogP contribution in [0.1, 0.15) is 67.0 Å². The maximum atomic E-state index is 4.67. The maximum absolute atomic E-state index is 4.67. The van der Waals surface area contributed by atoms with Crippen LogP contribution in [-0.2, 0) is 53.0 Å². The van der Waals surface area contributed by atoms with Crippen molar-refractivity contribution in [2.45, 2.75) is 38.5 Å². The van der Waals surface area contributed by atoms with Gasteiger partial charge in [-0.2, -0.15) is 36.7 Å². The summed E-state index contributed by atoms with van der Waals surface area (Å²) < 4.78 is 8.24. The van der Waals surface area contributed by atoms with Gasteiger partial charge >= 0.3 is 54.1 Å². The fourth-order valence-corrected chi connectivity index (χ4v) is 11.7. The predicted molar refractivity (Wildman–Crippen MR) is 284 cm³/mol. The molecule has 2 aliphatic carbocycles. The number of nitrogens with zero attached hydrogens (tertiary/aromatic N) is 8. The second-order valence-electron chi connectivity index (χ2n) is 19.4. The van der Waals surface area contributed by atoms with Crippen LogP contribution in [0.3, 0.4) is 0 Å². The summed E-state index contributed by atoms with van der Waals surface area (Å²) in [6.45, 7) is 8.60. The first kappa shape index (κ1) is 48.6. The van der Waals surface area contributed by atoms with Crippen molar-refractivity contribution in [1.82, 2.24) is 29.5 Å². The molecule has 8 nitrogen and oxygen atoms in total. The van der Waals surface area contributed by atoms with E-state index >= 15 is 0 Å². The molecule has 0 saturated heterocycles. The van der Waals surface area contributed by atoms with E-state index in [2.05, 4.69) is 239 Å². The van der Waals surface area contributed by atoms with Crippen LogP contribution in [0, 0.1) is 39.8 Å². The molecule has 4 aliphatic rings. The first-order valence-corrected chi connectivity index (χ1v) is 24.3. The van der Waals surface area contributed by atoms with Crippen molar-refractivity contribution < 1.29 is 51.3 Å². The summed E-state index contributed by atoms with van der Waals surface area (Å²) in [5.41, 5.74) is 23.7. The Kier molecular flexibility index (Phi) is 12.3. The zero-order valence-electron chi connectivity index (χ0n) is 41.5. The van der Waals surface area contributed by atoms with Gasteiger partial charge in [0, 0.05) is 35.7 Å². The van der Waals surface area contributed by atoms with Crippen LogP contribution < -0.4 is 19.3 Å². The summed E-state index contributed by atoms with van der Waals surface area (Å²) in [7, 11) is 4.05. The standard InChI is InChI=1S/2C32H24N4.2Pt/c2*1-21-11-13-25-26-14-12-22(2)18-28(26)32(27(25)17-21,31-15-16-33-34-31)23-7-6-8-24(19-23)36-20-35(3)29-9-4-5-10-30(29)36;;/h2*4-18H,1-3H3;;/q;;2*+2. The zero-order chi connectivity index (χ0) is 48.9. The van der Waals surface area contributed by atoms with Gasteiger partial charge in [-0.05, 0) is 72.2 Å². The number of rotatable bonds is 6. The molecule has 10 aromatic rings. The van der Waals surface area contributed by atoms with Crippen LogP contribution in [0.15, 0.2) is 182 Å². The minimum absolute atomic E-state index is 0. The third-order valence-electron chi connectivity index (χ3n) is 14.9. The van der Waals surface area contributed by atoms with Crippen LogP contribution in [-0.4, -0.2) is 45.5 Å². The molecule has 0 unspecified atom stereocenters.